The van der Waals surface area contributed by atoms with Gasteiger partial charge in [-0.1, -0.05) is 36.4 Å². The van der Waals surface area contributed by atoms with Gasteiger partial charge in [0.2, 0.25) is 5.91 Å². The van der Waals surface area contributed by atoms with Crippen molar-refractivity contribution in [2.45, 2.75) is 30.9 Å². The SMILES string of the molecule is CC(=O)OCC1=C(C(=O)O)N2C(=O)[C@@H](NC(=O)C(NS(=O)(=O)NCc3cccnc3)c3ccccc3)[C@H]2SC1. The first-order valence-electron chi connectivity index (χ1n) is 11.6. The van der Waals surface area contributed by atoms with Crippen molar-refractivity contribution in [1.29, 1.82) is 0 Å². The van der Waals surface area contributed by atoms with E-state index in [9.17, 15) is 32.7 Å². The lowest BCUT2D eigenvalue weighted by atomic mass is 10.0. The fourth-order valence-corrected chi connectivity index (χ4v) is 6.34. The number of aromatic nitrogens is 1. The lowest BCUT2D eigenvalue weighted by molar-refractivity contribution is -0.151. The number of ether oxygens (including phenoxy) is 1. The van der Waals surface area contributed by atoms with Gasteiger partial charge in [0.15, 0.2) is 0 Å². The predicted molar refractivity (Wildman–Crippen MR) is 139 cm³/mol. The largest absolute Gasteiger partial charge is 0.477 e. The van der Waals surface area contributed by atoms with Gasteiger partial charge in [0.1, 0.15) is 29.8 Å². The molecule has 206 valence electrons. The summed E-state index contributed by atoms with van der Waals surface area (Å²) in [4.78, 5) is 54.4. The van der Waals surface area contributed by atoms with Crippen LogP contribution in [-0.4, -0.2) is 70.9 Å². The van der Waals surface area contributed by atoms with Crippen LogP contribution in [0.3, 0.4) is 0 Å². The second-order valence-corrected chi connectivity index (χ2v) is 11.2. The predicted octanol–water partition coefficient (Wildman–Crippen LogP) is 0.0486. The van der Waals surface area contributed by atoms with Crippen molar-refractivity contribution in [3.63, 3.8) is 0 Å². The average Bonchev–Trinajstić information content (AvgIpc) is 2.92. The molecule has 1 unspecified atom stereocenters. The van der Waals surface area contributed by atoms with E-state index in [-0.39, 0.29) is 30.2 Å². The Hall–Kier alpha value is -3.79. The monoisotopic (exact) mass is 575 g/mol. The van der Waals surface area contributed by atoms with E-state index in [0.717, 1.165) is 4.90 Å². The Morgan fingerprint density at radius 3 is 2.59 bits per heavy atom. The van der Waals surface area contributed by atoms with Gasteiger partial charge in [-0.25, -0.2) is 4.79 Å². The molecular weight excluding hydrogens is 550 g/mol. The summed E-state index contributed by atoms with van der Waals surface area (Å²) in [6, 6.07) is 8.95. The van der Waals surface area contributed by atoms with Gasteiger partial charge < -0.3 is 15.2 Å². The summed E-state index contributed by atoms with van der Waals surface area (Å²) in [7, 11) is -4.19. The zero-order chi connectivity index (χ0) is 28.2. The molecule has 1 aromatic carbocycles. The molecule has 13 nitrogen and oxygen atoms in total. The molecule has 0 spiro atoms. The summed E-state index contributed by atoms with van der Waals surface area (Å²) in [5, 5.41) is 11.5. The maximum atomic E-state index is 13.3. The Kier molecular flexibility index (Phi) is 8.64. The molecule has 15 heteroatoms. The quantitative estimate of drug-likeness (QED) is 0.211. The third-order valence-electron chi connectivity index (χ3n) is 5.85. The first-order valence-corrected chi connectivity index (χ1v) is 14.1. The van der Waals surface area contributed by atoms with Gasteiger partial charge >= 0.3 is 11.9 Å². The summed E-state index contributed by atoms with van der Waals surface area (Å²) in [6.45, 7) is 0.842. The van der Waals surface area contributed by atoms with E-state index in [2.05, 4.69) is 19.7 Å². The van der Waals surface area contributed by atoms with Crippen LogP contribution in [-0.2, 0) is 40.7 Å². The zero-order valence-corrected chi connectivity index (χ0v) is 22.2. The highest BCUT2D eigenvalue weighted by Crippen LogP contribution is 2.40. The maximum absolute atomic E-state index is 13.3. The third kappa shape index (κ3) is 6.62. The molecule has 0 aliphatic carbocycles. The molecule has 39 heavy (non-hydrogen) atoms. The number of benzene rings is 1. The lowest BCUT2D eigenvalue weighted by Crippen LogP contribution is -2.71. The number of hydrogen-bond acceptors (Lipinski definition) is 9. The van der Waals surface area contributed by atoms with Crippen molar-refractivity contribution in [2.75, 3.05) is 12.4 Å². The third-order valence-corrected chi connectivity index (χ3v) is 8.26. The minimum Gasteiger partial charge on any atom is -0.477 e. The number of aliphatic carboxylic acids is 1. The van der Waals surface area contributed by atoms with Crippen LogP contribution in [0, 0.1) is 0 Å². The van der Waals surface area contributed by atoms with Crippen molar-refractivity contribution in [1.82, 2.24) is 24.6 Å². The van der Waals surface area contributed by atoms with Crippen LogP contribution in [0.15, 0.2) is 66.1 Å². The molecule has 1 aromatic heterocycles. The molecular formula is C24H25N5O8S2. The fraction of sp³-hybridized carbons (Fsp3) is 0.292. The Bertz CT molecular complexity index is 1400. The summed E-state index contributed by atoms with van der Waals surface area (Å²) in [5.41, 5.74) is 0.895. The van der Waals surface area contributed by atoms with Crippen LogP contribution in [0.25, 0.3) is 0 Å². The number of esters is 1. The van der Waals surface area contributed by atoms with Crippen LogP contribution in [0.2, 0.25) is 0 Å². The molecule has 3 atom stereocenters. The Morgan fingerprint density at radius 1 is 1.21 bits per heavy atom. The van der Waals surface area contributed by atoms with Crippen LogP contribution in [0.4, 0.5) is 0 Å². The Labute approximate surface area is 228 Å². The van der Waals surface area contributed by atoms with E-state index in [0.29, 0.717) is 11.1 Å². The number of fused-ring (bicyclic) bond motifs is 1. The van der Waals surface area contributed by atoms with Gasteiger partial charge in [-0.05, 0) is 17.2 Å². The van der Waals surface area contributed by atoms with Crippen molar-refractivity contribution in [2.24, 2.45) is 0 Å². The van der Waals surface area contributed by atoms with Gasteiger partial charge in [-0.15, -0.1) is 11.8 Å². The summed E-state index contributed by atoms with van der Waals surface area (Å²) in [6.07, 6.45) is 3.05. The number of β-lactam (4-membered cyclic amide) rings is 1. The number of carboxylic acid groups (broad SMARTS) is 1. The molecule has 4 N–H and O–H groups in total. The van der Waals surface area contributed by atoms with E-state index < -0.39 is 51.4 Å². The number of rotatable bonds is 11. The van der Waals surface area contributed by atoms with E-state index in [1.807, 2.05) is 0 Å². The number of nitrogens with one attached hydrogen (secondary N) is 3. The van der Waals surface area contributed by atoms with Crippen molar-refractivity contribution >= 4 is 45.7 Å². The minimum atomic E-state index is -4.19. The molecule has 1 saturated heterocycles. The molecule has 0 bridgehead atoms. The van der Waals surface area contributed by atoms with E-state index in [4.69, 9.17) is 4.74 Å². The summed E-state index contributed by atoms with van der Waals surface area (Å²) < 4.78 is 35.2. The standard InChI is InChI=1S/C24H25N5O8S2/c1-14(30)37-12-17-13-38-23-19(22(32)29(23)20(17)24(33)34)27-21(31)18(16-7-3-2-4-8-16)28-39(35,36)26-11-15-6-5-9-25-10-15/h2-10,18-19,23,26,28H,11-13H2,1H3,(H,27,31)(H,33,34)/t18?,19-,23-/m1/s1. The number of carbonyl (C=O) groups is 4. The summed E-state index contributed by atoms with van der Waals surface area (Å²) in [5.74, 6) is -3.28. The Balaban J connectivity index is 1.49. The number of nitrogens with zero attached hydrogens (tertiary/aromatic N) is 2. The molecule has 3 heterocycles. The molecule has 2 amide bonds. The molecule has 2 aromatic rings. The normalized spacial score (nSPS) is 19.5. The molecule has 2 aliphatic rings. The average molecular weight is 576 g/mol. The maximum Gasteiger partial charge on any atom is 0.352 e. The van der Waals surface area contributed by atoms with Crippen LogP contribution >= 0.6 is 11.8 Å². The highest BCUT2D eigenvalue weighted by molar-refractivity contribution is 8.00. The topological polar surface area (TPSA) is 184 Å². The van der Waals surface area contributed by atoms with Gasteiger partial charge in [-0.2, -0.15) is 17.9 Å². The molecule has 0 radical (unpaired) electrons. The number of hydrogen-bond donors (Lipinski definition) is 4. The van der Waals surface area contributed by atoms with E-state index in [1.165, 1.54) is 24.9 Å². The molecule has 0 saturated carbocycles. The van der Waals surface area contributed by atoms with Crippen molar-refractivity contribution in [3.8, 4) is 0 Å². The first-order chi connectivity index (χ1) is 18.6. The van der Waals surface area contributed by atoms with Crippen LogP contribution in [0.1, 0.15) is 24.1 Å². The number of thioether (sulfide) groups is 1. The van der Waals surface area contributed by atoms with Gasteiger partial charge in [0.25, 0.3) is 16.1 Å². The second kappa shape index (κ2) is 11.9. The molecule has 1 fully saturated rings. The van der Waals surface area contributed by atoms with Crippen LogP contribution in [0.5, 0.6) is 0 Å². The highest BCUT2D eigenvalue weighted by atomic mass is 32.2. The van der Waals surface area contributed by atoms with Gasteiger partial charge in [-0.3, -0.25) is 24.3 Å². The minimum absolute atomic E-state index is 0.0684. The van der Waals surface area contributed by atoms with Crippen molar-refractivity contribution in [3.05, 3.63) is 77.3 Å². The molecule has 2 aliphatic heterocycles. The number of amides is 2. The Morgan fingerprint density at radius 2 is 1.95 bits per heavy atom. The number of pyridine rings is 1. The smallest absolute Gasteiger partial charge is 0.352 e. The lowest BCUT2D eigenvalue weighted by Gasteiger charge is -2.49. The number of carbonyl (C=O) groups excluding carboxylic acids is 3. The van der Waals surface area contributed by atoms with Crippen LogP contribution < -0.4 is 14.8 Å². The fourth-order valence-electron chi connectivity index (χ4n) is 4.02. The second-order valence-electron chi connectivity index (χ2n) is 8.58. The van der Waals surface area contributed by atoms with Gasteiger partial charge in [0.05, 0.1) is 0 Å². The highest BCUT2D eigenvalue weighted by Gasteiger charge is 2.54. The zero-order valence-electron chi connectivity index (χ0n) is 20.6. The molecule has 4 rings (SSSR count). The summed E-state index contributed by atoms with van der Waals surface area (Å²) >= 11 is 1.20. The van der Waals surface area contributed by atoms with E-state index in [1.54, 1.807) is 48.7 Å². The van der Waals surface area contributed by atoms with E-state index >= 15 is 0 Å². The van der Waals surface area contributed by atoms with Gasteiger partial charge in [0, 0.05) is 37.2 Å². The van der Waals surface area contributed by atoms with Crippen molar-refractivity contribution < 1.29 is 37.4 Å². The number of carboxylic acids is 1. The first kappa shape index (κ1) is 28.2.